The van der Waals surface area contributed by atoms with Crippen LogP contribution in [0.25, 0.3) is 0 Å². The third kappa shape index (κ3) is 2.94. The van der Waals surface area contributed by atoms with Gasteiger partial charge in [0.1, 0.15) is 0 Å². The molecular formula is C3H4F2NaO5S. The molecule has 0 unspecified atom stereocenters. The summed E-state index contributed by atoms with van der Waals surface area (Å²) < 4.78 is 54.7. The maximum absolute atomic E-state index is 12.0. The molecule has 0 aromatic carbocycles. The Morgan fingerprint density at radius 3 is 1.92 bits per heavy atom. The van der Waals surface area contributed by atoms with Gasteiger partial charge >= 0.3 is 21.3 Å². The Morgan fingerprint density at radius 1 is 1.50 bits per heavy atom. The van der Waals surface area contributed by atoms with E-state index in [0.717, 1.165) is 0 Å². The number of ether oxygens (including phenoxy) is 1. The van der Waals surface area contributed by atoms with E-state index in [0.29, 0.717) is 7.11 Å². The monoisotopic (exact) mass is 213 g/mol. The van der Waals surface area contributed by atoms with Crippen molar-refractivity contribution in [1.29, 1.82) is 0 Å². The molecule has 1 radical (unpaired) electrons. The molecular weight excluding hydrogens is 209 g/mol. The summed E-state index contributed by atoms with van der Waals surface area (Å²) in [6.45, 7) is 0. The fraction of sp³-hybridized carbons (Fsp3) is 0.667. The van der Waals surface area contributed by atoms with Crippen LogP contribution in [0.3, 0.4) is 0 Å². The largest absolute Gasteiger partial charge is 0.465 e. The average molecular weight is 213 g/mol. The molecule has 0 bridgehead atoms. The molecule has 0 fully saturated rings. The van der Waals surface area contributed by atoms with E-state index >= 15 is 0 Å². The first-order valence-electron chi connectivity index (χ1n) is 2.16. The van der Waals surface area contributed by atoms with Gasteiger partial charge in [0.15, 0.2) is 0 Å². The van der Waals surface area contributed by atoms with Crippen LogP contribution in [0.5, 0.6) is 0 Å². The van der Waals surface area contributed by atoms with E-state index in [2.05, 4.69) is 4.74 Å². The molecule has 12 heavy (non-hydrogen) atoms. The summed E-state index contributed by atoms with van der Waals surface area (Å²) in [5.41, 5.74) is 0. The molecule has 0 saturated carbocycles. The number of halogens is 2. The molecule has 0 heterocycles. The van der Waals surface area contributed by atoms with Crippen LogP contribution < -0.4 is 0 Å². The molecule has 9 heteroatoms. The van der Waals surface area contributed by atoms with Crippen LogP contribution in [0.4, 0.5) is 8.78 Å². The Morgan fingerprint density at radius 2 is 1.83 bits per heavy atom. The van der Waals surface area contributed by atoms with Gasteiger partial charge in [0.25, 0.3) is 0 Å². The zero-order valence-corrected chi connectivity index (χ0v) is 9.06. The Hall–Kier alpha value is 0.240. The molecule has 0 aromatic rings. The van der Waals surface area contributed by atoms with E-state index in [-0.39, 0.29) is 29.6 Å². The minimum absolute atomic E-state index is 0. The molecule has 0 aliphatic carbocycles. The van der Waals surface area contributed by atoms with Gasteiger partial charge in [-0.3, -0.25) is 4.55 Å². The van der Waals surface area contributed by atoms with Crippen LogP contribution in [0.1, 0.15) is 0 Å². The normalized spacial score (nSPS) is 11.7. The predicted molar refractivity (Wildman–Crippen MR) is 34.3 cm³/mol. The topological polar surface area (TPSA) is 80.7 Å². The second-order valence-corrected chi connectivity index (χ2v) is 2.95. The second-order valence-electron chi connectivity index (χ2n) is 1.48. The molecule has 1 N–H and O–H groups in total. The smallest absolute Gasteiger partial charge is 0.464 e. The van der Waals surface area contributed by atoms with Crippen molar-refractivity contribution in [2.24, 2.45) is 0 Å². The fourth-order valence-electron chi connectivity index (χ4n) is 0.224. The number of methoxy groups -OCH3 is 1. The zero-order chi connectivity index (χ0) is 9.28. The van der Waals surface area contributed by atoms with Crippen molar-refractivity contribution >= 4 is 45.6 Å². The van der Waals surface area contributed by atoms with Crippen molar-refractivity contribution < 1.29 is 31.3 Å². The van der Waals surface area contributed by atoms with E-state index in [1.165, 1.54) is 0 Å². The SMILES string of the molecule is COC(=O)C(F)(F)S(=O)(=O)O.[Na]. The third-order valence-electron chi connectivity index (χ3n) is 0.747. The van der Waals surface area contributed by atoms with Gasteiger partial charge in [-0.25, -0.2) is 4.79 Å². The molecule has 0 spiro atoms. The van der Waals surface area contributed by atoms with E-state index in [9.17, 15) is 22.0 Å². The van der Waals surface area contributed by atoms with Gasteiger partial charge < -0.3 is 4.74 Å². The Labute approximate surface area is 89.1 Å². The molecule has 0 aliphatic rings. The van der Waals surface area contributed by atoms with Crippen molar-refractivity contribution in [1.82, 2.24) is 0 Å². The van der Waals surface area contributed by atoms with Crippen molar-refractivity contribution in [3.63, 3.8) is 0 Å². The van der Waals surface area contributed by atoms with Gasteiger partial charge in [0.05, 0.1) is 7.11 Å². The number of rotatable bonds is 2. The molecule has 67 valence electrons. The van der Waals surface area contributed by atoms with Gasteiger partial charge in [-0.05, 0) is 0 Å². The summed E-state index contributed by atoms with van der Waals surface area (Å²) in [6.07, 6.45) is 0. The summed E-state index contributed by atoms with van der Waals surface area (Å²) in [5, 5.41) is -4.89. The number of hydrogen-bond acceptors (Lipinski definition) is 4. The standard InChI is InChI=1S/C3H4F2O5S.Na/c1-10-2(6)3(4,5)11(7,8)9;/h1H3,(H,7,8,9);. The first-order chi connectivity index (χ1) is 4.73. The van der Waals surface area contributed by atoms with Gasteiger partial charge in [0, 0.05) is 29.6 Å². The second kappa shape index (κ2) is 4.47. The van der Waals surface area contributed by atoms with E-state index in [1.807, 2.05) is 0 Å². The zero-order valence-electron chi connectivity index (χ0n) is 6.24. The van der Waals surface area contributed by atoms with E-state index in [1.54, 1.807) is 0 Å². The van der Waals surface area contributed by atoms with Crippen LogP contribution in [-0.2, 0) is 19.6 Å². The van der Waals surface area contributed by atoms with Crippen molar-refractivity contribution in [3.05, 3.63) is 0 Å². The number of carbonyl (C=O) groups excluding carboxylic acids is 1. The minimum atomic E-state index is -5.72. The van der Waals surface area contributed by atoms with Crippen molar-refractivity contribution in [3.8, 4) is 0 Å². The summed E-state index contributed by atoms with van der Waals surface area (Å²) >= 11 is 0. The van der Waals surface area contributed by atoms with Gasteiger partial charge in [-0.2, -0.15) is 17.2 Å². The van der Waals surface area contributed by atoms with Gasteiger partial charge in [0.2, 0.25) is 0 Å². The molecule has 5 nitrogen and oxygen atoms in total. The maximum atomic E-state index is 12.0. The number of esters is 1. The summed E-state index contributed by atoms with van der Waals surface area (Å²) in [4.78, 5) is 9.97. The first kappa shape index (κ1) is 14.7. The molecule has 0 amide bonds. The third-order valence-corrected chi connectivity index (χ3v) is 1.56. The molecule has 0 aliphatic heterocycles. The number of alkyl halides is 2. The molecule has 0 rings (SSSR count). The number of hydrogen-bond donors (Lipinski definition) is 1. The molecule has 0 aromatic heterocycles. The van der Waals surface area contributed by atoms with Crippen LogP contribution in [0, 0.1) is 0 Å². The fourth-order valence-corrected chi connectivity index (χ4v) is 0.518. The Kier molecular flexibility index (Phi) is 5.49. The van der Waals surface area contributed by atoms with Crippen molar-refractivity contribution in [2.45, 2.75) is 5.25 Å². The first-order valence-corrected chi connectivity index (χ1v) is 3.60. The molecule has 0 saturated heterocycles. The van der Waals surface area contributed by atoms with Crippen molar-refractivity contribution in [2.75, 3.05) is 7.11 Å². The number of carbonyl (C=O) groups is 1. The van der Waals surface area contributed by atoms with E-state index in [4.69, 9.17) is 4.55 Å². The van der Waals surface area contributed by atoms with Gasteiger partial charge in [-0.15, -0.1) is 0 Å². The van der Waals surface area contributed by atoms with Gasteiger partial charge in [-0.1, -0.05) is 0 Å². The van der Waals surface area contributed by atoms with Crippen LogP contribution in [0.2, 0.25) is 0 Å². The Bertz CT molecular complexity index is 260. The summed E-state index contributed by atoms with van der Waals surface area (Å²) in [7, 11) is -5.15. The van der Waals surface area contributed by atoms with Crippen LogP contribution in [-0.4, -0.2) is 60.9 Å². The van der Waals surface area contributed by atoms with Crippen LogP contribution >= 0.6 is 0 Å². The average Bonchev–Trinajstić information content (AvgIpc) is 1.83. The maximum Gasteiger partial charge on any atom is 0.465 e. The minimum Gasteiger partial charge on any atom is -0.464 e. The summed E-state index contributed by atoms with van der Waals surface area (Å²) in [6, 6.07) is 0. The van der Waals surface area contributed by atoms with Crippen LogP contribution in [0.15, 0.2) is 0 Å². The molecule has 0 atom stereocenters. The summed E-state index contributed by atoms with van der Waals surface area (Å²) in [5.74, 6) is -2.32. The van der Waals surface area contributed by atoms with E-state index < -0.39 is 21.3 Å². The predicted octanol–water partition coefficient (Wildman–Crippen LogP) is -0.741. The quantitative estimate of drug-likeness (QED) is 0.371. The Balaban J connectivity index is 0.